The summed E-state index contributed by atoms with van der Waals surface area (Å²) in [6.07, 6.45) is 0.625. The van der Waals surface area contributed by atoms with E-state index in [1.807, 2.05) is 32.0 Å². The lowest BCUT2D eigenvalue weighted by molar-refractivity contribution is -0.120. The van der Waals surface area contributed by atoms with Gasteiger partial charge >= 0.3 is 0 Å². The number of hydrogen-bond donors (Lipinski definition) is 1. The van der Waals surface area contributed by atoms with Crippen LogP contribution in [0.25, 0.3) is 0 Å². The van der Waals surface area contributed by atoms with Crippen LogP contribution in [-0.4, -0.2) is 35.1 Å². The van der Waals surface area contributed by atoms with Crippen LogP contribution in [0.3, 0.4) is 0 Å². The van der Waals surface area contributed by atoms with Crippen LogP contribution in [0.4, 0.5) is 5.69 Å². The number of hydrogen-bond acceptors (Lipinski definition) is 5. The molecule has 0 saturated heterocycles. The molecule has 0 heterocycles. The molecule has 0 aliphatic carbocycles. The SMILES string of the molecule is CC[C@H](NC(=O)CN(c1cccc(Cl)c1)S(=O)(=O)c1ccc(OC)cc1)c1ccc(OC)c(C)c1. The highest BCUT2D eigenvalue weighted by Gasteiger charge is 2.28. The van der Waals surface area contributed by atoms with Gasteiger partial charge in [-0.2, -0.15) is 0 Å². The number of amides is 1. The molecule has 1 atom stereocenters. The number of methoxy groups -OCH3 is 2. The number of rotatable bonds is 10. The number of carbonyl (C=O) groups excluding carboxylic acids is 1. The van der Waals surface area contributed by atoms with E-state index in [4.69, 9.17) is 21.1 Å². The molecule has 1 N–H and O–H groups in total. The number of benzene rings is 3. The molecule has 0 aliphatic rings. The largest absolute Gasteiger partial charge is 0.497 e. The Labute approximate surface area is 211 Å². The summed E-state index contributed by atoms with van der Waals surface area (Å²) < 4.78 is 38.6. The lowest BCUT2D eigenvalue weighted by Gasteiger charge is -2.26. The first-order chi connectivity index (χ1) is 16.7. The predicted octanol–water partition coefficient (Wildman–Crippen LogP) is 5.13. The first-order valence-corrected chi connectivity index (χ1v) is 12.9. The van der Waals surface area contributed by atoms with Gasteiger partial charge in [-0.15, -0.1) is 0 Å². The highest BCUT2D eigenvalue weighted by atomic mass is 35.5. The quantitative estimate of drug-likeness (QED) is 0.404. The molecule has 0 aromatic heterocycles. The maximum Gasteiger partial charge on any atom is 0.264 e. The third-order valence-electron chi connectivity index (χ3n) is 5.60. The summed E-state index contributed by atoms with van der Waals surface area (Å²) in [5.41, 5.74) is 2.14. The lowest BCUT2D eigenvalue weighted by atomic mass is 10.0. The molecule has 9 heteroatoms. The van der Waals surface area contributed by atoms with Crippen molar-refractivity contribution in [3.05, 3.63) is 82.9 Å². The maximum atomic E-state index is 13.6. The molecule has 0 fully saturated rings. The van der Waals surface area contributed by atoms with Crippen LogP contribution in [0.15, 0.2) is 71.6 Å². The molecular formula is C26H29ClN2O5S. The highest BCUT2D eigenvalue weighted by molar-refractivity contribution is 7.92. The number of nitrogens with one attached hydrogen (secondary N) is 1. The van der Waals surface area contributed by atoms with E-state index in [-0.39, 0.29) is 16.6 Å². The minimum atomic E-state index is -4.07. The first kappa shape index (κ1) is 26.4. The van der Waals surface area contributed by atoms with Crippen molar-refractivity contribution >= 4 is 33.2 Å². The molecule has 186 valence electrons. The van der Waals surface area contributed by atoms with E-state index < -0.39 is 22.5 Å². The molecule has 3 aromatic rings. The van der Waals surface area contributed by atoms with E-state index in [1.165, 1.54) is 25.3 Å². The number of nitrogens with zero attached hydrogens (tertiary/aromatic N) is 1. The molecule has 3 rings (SSSR count). The molecule has 0 aliphatic heterocycles. The van der Waals surface area contributed by atoms with Gasteiger partial charge in [0.05, 0.1) is 30.8 Å². The molecular weight excluding hydrogens is 488 g/mol. The Morgan fingerprint density at radius 2 is 1.74 bits per heavy atom. The van der Waals surface area contributed by atoms with Gasteiger partial charge in [0.25, 0.3) is 10.0 Å². The lowest BCUT2D eigenvalue weighted by Crippen LogP contribution is -2.42. The summed E-state index contributed by atoms with van der Waals surface area (Å²) in [6, 6.07) is 17.8. The third kappa shape index (κ3) is 6.26. The number of ether oxygens (including phenoxy) is 2. The fourth-order valence-corrected chi connectivity index (χ4v) is 5.33. The Kier molecular flexibility index (Phi) is 8.64. The molecule has 0 radical (unpaired) electrons. The van der Waals surface area contributed by atoms with Gasteiger partial charge in [0.1, 0.15) is 18.0 Å². The van der Waals surface area contributed by atoms with Crippen LogP contribution >= 0.6 is 11.6 Å². The molecule has 0 unspecified atom stereocenters. The summed E-state index contributed by atoms with van der Waals surface area (Å²) in [5, 5.41) is 3.32. The Bertz CT molecular complexity index is 1280. The zero-order valence-corrected chi connectivity index (χ0v) is 21.7. The Balaban J connectivity index is 1.90. The van der Waals surface area contributed by atoms with Crippen molar-refractivity contribution in [2.45, 2.75) is 31.2 Å². The van der Waals surface area contributed by atoms with Gasteiger partial charge in [0.2, 0.25) is 5.91 Å². The molecule has 0 saturated carbocycles. The topological polar surface area (TPSA) is 84.9 Å². The maximum absolute atomic E-state index is 13.6. The predicted molar refractivity (Wildman–Crippen MR) is 138 cm³/mol. The van der Waals surface area contributed by atoms with Crippen LogP contribution < -0.4 is 19.1 Å². The smallest absolute Gasteiger partial charge is 0.264 e. The van der Waals surface area contributed by atoms with Crippen molar-refractivity contribution in [1.82, 2.24) is 5.32 Å². The van der Waals surface area contributed by atoms with Gasteiger partial charge in [-0.3, -0.25) is 9.10 Å². The standard InChI is InChI=1S/C26H29ClN2O5S/c1-5-24(19-9-14-25(34-4)18(2)15-19)28-26(30)17-29(21-8-6-7-20(27)16-21)35(31,32)23-12-10-22(33-3)11-13-23/h6-16,24H,5,17H2,1-4H3,(H,28,30)/t24-/m0/s1. The van der Waals surface area contributed by atoms with Gasteiger partial charge < -0.3 is 14.8 Å². The fourth-order valence-electron chi connectivity index (χ4n) is 3.73. The molecule has 0 bridgehead atoms. The van der Waals surface area contributed by atoms with Crippen LogP contribution in [0, 0.1) is 6.92 Å². The number of anilines is 1. The first-order valence-electron chi connectivity index (χ1n) is 11.1. The van der Waals surface area contributed by atoms with E-state index >= 15 is 0 Å². The third-order valence-corrected chi connectivity index (χ3v) is 7.62. The van der Waals surface area contributed by atoms with E-state index in [2.05, 4.69) is 5.32 Å². The van der Waals surface area contributed by atoms with Crippen molar-refractivity contribution in [3.63, 3.8) is 0 Å². The highest BCUT2D eigenvalue weighted by Crippen LogP contribution is 2.28. The zero-order chi connectivity index (χ0) is 25.6. The van der Waals surface area contributed by atoms with Crippen molar-refractivity contribution in [3.8, 4) is 11.5 Å². The van der Waals surface area contributed by atoms with Crippen molar-refractivity contribution in [1.29, 1.82) is 0 Å². The van der Waals surface area contributed by atoms with Crippen LogP contribution in [-0.2, 0) is 14.8 Å². The number of sulfonamides is 1. The average molecular weight is 517 g/mol. The molecule has 3 aromatic carbocycles. The summed E-state index contributed by atoms with van der Waals surface area (Å²) in [5.74, 6) is 0.839. The fraction of sp³-hybridized carbons (Fsp3) is 0.269. The molecule has 1 amide bonds. The minimum absolute atomic E-state index is 0.0314. The Hall–Kier alpha value is -3.23. The van der Waals surface area contributed by atoms with Gasteiger partial charge in [-0.1, -0.05) is 36.7 Å². The van der Waals surface area contributed by atoms with Gasteiger partial charge in [-0.25, -0.2) is 8.42 Å². The summed E-state index contributed by atoms with van der Waals surface area (Å²) in [6.45, 7) is 3.47. The van der Waals surface area contributed by atoms with Crippen molar-refractivity contribution in [2.24, 2.45) is 0 Å². The Morgan fingerprint density at radius 1 is 1.03 bits per heavy atom. The second-order valence-electron chi connectivity index (χ2n) is 7.92. The number of carbonyl (C=O) groups is 1. The number of halogens is 1. The normalized spacial score (nSPS) is 12.0. The molecule has 0 spiro atoms. The van der Waals surface area contributed by atoms with Crippen LogP contribution in [0.1, 0.15) is 30.5 Å². The summed E-state index contributed by atoms with van der Waals surface area (Å²) >= 11 is 6.14. The van der Waals surface area contributed by atoms with Crippen LogP contribution in [0.5, 0.6) is 11.5 Å². The summed E-state index contributed by atoms with van der Waals surface area (Å²) in [4.78, 5) is 13.2. The van der Waals surface area contributed by atoms with E-state index in [1.54, 1.807) is 37.4 Å². The monoisotopic (exact) mass is 516 g/mol. The van der Waals surface area contributed by atoms with Gasteiger partial charge in [0.15, 0.2) is 0 Å². The van der Waals surface area contributed by atoms with Gasteiger partial charge in [-0.05, 0) is 73.0 Å². The molecule has 35 heavy (non-hydrogen) atoms. The summed E-state index contributed by atoms with van der Waals surface area (Å²) in [7, 11) is -0.966. The second-order valence-corrected chi connectivity index (χ2v) is 10.2. The van der Waals surface area contributed by atoms with Crippen molar-refractivity contribution in [2.75, 3.05) is 25.1 Å². The zero-order valence-electron chi connectivity index (χ0n) is 20.1. The van der Waals surface area contributed by atoms with E-state index in [9.17, 15) is 13.2 Å². The van der Waals surface area contributed by atoms with E-state index in [0.717, 1.165) is 21.2 Å². The van der Waals surface area contributed by atoms with Gasteiger partial charge in [0, 0.05) is 5.02 Å². The van der Waals surface area contributed by atoms with Crippen molar-refractivity contribution < 1.29 is 22.7 Å². The minimum Gasteiger partial charge on any atom is -0.497 e. The second kappa shape index (κ2) is 11.5. The van der Waals surface area contributed by atoms with E-state index in [0.29, 0.717) is 17.2 Å². The number of aryl methyl sites for hydroxylation is 1. The molecule has 7 nitrogen and oxygen atoms in total. The van der Waals surface area contributed by atoms with Crippen LogP contribution in [0.2, 0.25) is 5.02 Å². The average Bonchev–Trinajstić information content (AvgIpc) is 2.85. The Morgan fingerprint density at radius 3 is 2.31 bits per heavy atom.